The first-order chi connectivity index (χ1) is 7.83. The van der Waals surface area contributed by atoms with Crippen LogP contribution in [0.4, 0.5) is 0 Å². The summed E-state index contributed by atoms with van der Waals surface area (Å²) in [6, 6.07) is 0.424. The second kappa shape index (κ2) is 5.61. The number of nitrogens with one attached hydrogen (secondary N) is 1. The van der Waals surface area contributed by atoms with Crippen LogP contribution in [0.1, 0.15) is 12.8 Å². The molecule has 1 atom stereocenters. The third-order valence-electron chi connectivity index (χ3n) is 3.01. The SMILES string of the molecule is COCCN(C(=O)C1CNCCO1)C1CC1. The fourth-order valence-corrected chi connectivity index (χ4v) is 1.96. The molecule has 16 heavy (non-hydrogen) atoms. The number of morpholine rings is 1. The summed E-state index contributed by atoms with van der Waals surface area (Å²) in [4.78, 5) is 14.1. The summed E-state index contributed by atoms with van der Waals surface area (Å²) in [6.45, 7) is 3.38. The van der Waals surface area contributed by atoms with E-state index in [0.29, 0.717) is 32.3 Å². The molecule has 1 amide bonds. The van der Waals surface area contributed by atoms with Crippen LogP contribution in [-0.2, 0) is 14.3 Å². The Morgan fingerprint density at radius 1 is 1.56 bits per heavy atom. The van der Waals surface area contributed by atoms with Gasteiger partial charge in [-0.15, -0.1) is 0 Å². The van der Waals surface area contributed by atoms with Gasteiger partial charge in [0, 0.05) is 32.8 Å². The van der Waals surface area contributed by atoms with E-state index in [1.807, 2.05) is 4.90 Å². The zero-order valence-electron chi connectivity index (χ0n) is 9.78. The smallest absolute Gasteiger partial charge is 0.253 e. The lowest BCUT2D eigenvalue weighted by molar-refractivity contribution is -0.146. The summed E-state index contributed by atoms with van der Waals surface area (Å²) in [5, 5.41) is 3.18. The molecular formula is C11H20N2O3. The Kier molecular flexibility index (Phi) is 4.15. The zero-order valence-corrected chi connectivity index (χ0v) is 9.78. The number of hydrogen-bond donors (Lipinski definition) is 1. The van der Waals surface area contributed by atoms with E-state index in [1.54, 1.807) is 7.11 Å². The third-order valence-corrected chi connectivity index (χ3v) is 3.01. The predicted molar refractivity (Wildman–Crippen MR) is 59.2 cm³/mol. The summed E-state index contributed by atoms with van der Waals surface area (Å²) in [6.07, 6.45) is 1.94. The molecular weight excluding hydrogens is 208 g/mol. The van der Waals surface area contributed by atoms with Crippen molar-refractivity contribution >= 4 is 5.91 Å². The first-order valence-electron chi connectivity index (χ1n) is 5.94. The van der Waals surface area contributed by atoms with Gasteiger partial charge in [-0.25, -0.2) is 0 Å². The van der Waals surface area contributed by atoms with Gasteiger partial charge in [0.25, 0.3) is 5.91 Å². The van der Waals surface area contributed by atoms with Gasteiger partial charge in [0.05, 0.1) is 13.2 Å². The van der Waals surface area contributed by atoms with Gasteiger partial charge in [-0.05, 0) is 12.8 Å². The van der Waals surface area contributed by atoms with E-state index in [2.05, 4.69) is 5.32 Å². The van der Waals surface area contributed by atoms with E-state index in [4.69, 9.17) is 9.47 Å². The Morgan fingerprint density at radius 2 is 2.38 bits per heavy atom. The van der Waals surface area contributed by atoms with Gasteiger partial charge in [0.15, 0.2) is 0 Å². The van der Waals surface area contributed by atoms with Crippen molar-refractivity contribution in [2.45, 2.75) is 25.0 Å². The highest BCUT2D eigenvalue weighted by atomic mass is 16.5. The average Bonchev–Trinajstić information content (AvgIpc) is 3.15. The molecule has 0 aromatic carbocycles. The molecule has 0 aromatic heterocycles. The van der Waals surface area contributed by atoms with Gasteiger partial charge in [0.2, 0.25) is 0 Å². The van der Waals surface area contributed by atoms with E-state index in [0.717, 1.165) is 19.4 Å². The lowest BCUT2D eigenvalue weighted by atomic mass is 10.2. The van der Waals surface area contributed by atoms with Gasteiger partial charge >= 0.3 is 0 Å². The topological polar surface area (TPSA) is 50.8 Å². The molecule has 0 bridgehead atoms. The summed E-state index contributed by atoms with van der Waals surface area (Å²) < 4.78 is 10.5. The van der Waals surface area contributed by atoms with Gasteiger partial charge in [-0.3, -0.25) is 4.79 Å². The van der Waals surface area contributed by atoms with Crippen molar-refractivity contribution in [2.75, 3.05) is 40.0 Å². The molecule has 2 aliphatic rings. The number of ether oxygens (including phenoxy) is 2. The molecule has 5 nitrogen and oxygen atoms in total. The minimum absolute atomic E-state index is 0.117. The van der Waals surface area contributed by atoms with Gasteiger partial charge in [0.1, 0.15) is 6.10 Å². The Bertz CT molecular complexity index is 237. The van der Waals surface area contributed by atoms with E-state index >= 15 is 0 Å². The monoisotopic (exact) mass is 228 g/mol. The van der Waals surface area contributed by atoms with Gasteiger partial charge in [-0.2, -0.15) is 0 Å². The quantitative estimate of drug-likeness (QED) is 0.696. The third kappa shape index (κ3) is 2.93. The van der Waals surface area contributed by atoms with Crippen LogP contribution >= 0.6 is 0 Å². The molecule has 5 heteroatoms. The number of carbonyl (C=O) groups excluding carboxylic acids is 1. The molecule has 1 aliphatic heterocycles. The van der Waals surface area contributed by atoms with Crippen molar-refractivity contribution in [3.05, 3.63) is 0 Å². The summed E-state index contributed by atoms with van der Waals surface area (Å²) in [5.74, 6) is 0.117. The first kappa shape index (κ1) is 11.8. The highest BCUT2D eigenvalue weighted by Gasteiger charge is 2.36. The molecule has 0 aromatic rings. The van der Waals surface area contributed by atoms with Crippen molar-refractivity contribution in [1.29, 1.82) is 0 Å². The molecule has 92 valence electrons. The Morgan fingerprint density at radius 3 is 2.94 bits per heavy atom. The van der Waals surface area contributed by atoms with Crippen LogP contribution < -0.4 is 5.32 Å². The van der Waals surface area contributed by atoms with Crippen molar-refractivity contribution in [1.82, 2.24) is 10.2 Å². The number of methoxy groups -OCH3 is 1. The lowest BCUT2D eigenvalue weighted by Crippen LogP contribution is -2.50. The number of carbonyl (C=O) groups is 1. The predicted octanol–water partition coefficient (Wildman–Crippen LogP) is -0.388. The van der Waals surface area contributed by atoms with Crippen molar-refractivity contribution in [2.24, 2.45) is 0 Å². The largest absolute Gasteiger partial charge is 0.383 e. The van der Waals surface area contributed by atoms with Crippen LogP contribution in [0.25, 0.3) is 0 Å². The van der Waals surface area contributed by atoms with Crippen LogP contribution in [0.2, 0.25) is 0 Å². The van der Waals surface area contributed by atoms with Crippen LogP contribution in [0.15, 0.2) is 0 Å². The fraction of sp³-hybridized carbons (Fsp3) is 0.909. The maximum Gasteiger partial charge on any atom is 0.253 e. The Labute approximate surface area is 96.1 Å². The number of amides is 1. The minimum atomic E-state index is -0.300. The van der Waals surface area contributed by atoms with Crippen molar-refractivity contribution in [3.63, 3.8) is 0 Å². The maximum absolute atomic E-state index is 12.2. The second-order valence-electron chi connectivity index (χ2n) is 4.32. The van der Waals surface area contributed by atoms with Gasteiger partial charge < -0.3 is 19.7 Å². The van der Waals surface area contributed by atoms with Crippen molar-refractivity contribution < 1.29 is 14.3 Å². The number of nitrogens with zero attached hydrogens (tertiary/aromatic N) is 1. The van der Waals surface area contributed by atoms with E-state index in [9.17, 15) is 4.79 Å². The molecule has 1 aliphatic carbocycles. The van der Waals surface area contributed by atoms with Crippen LogP contribution in [0.5, 0.6) is 0 Å². The molecule has 2 fully saturated rings. The zero-order chi connectivity index (χ0) is 11.4. The molecule has 1 unspecified atom stereocenters. The molecule has 1 N–H and O–H groups in total. The molecule has 1 heterocycles. The molecule has 0 spiro atoms. The number of hydrogen-bond acceptors (Lipinski definition) is 4. The Balaban J connectivity index is 1.87. The lowest BCUT2D eigenvalue weighted by Gasteiger charge is -2.29. The van der Waals surface area contributed by atoms with E-state index in [1.165, 1.54) is 0 Å². The van der Waals surface area contributed by atoms with Crippen LogP contribution in [0.3, 0.4) is 0 Å². The summed E-state index contributed by atoms with van der Waals surface area (Å²) in [5.41, 5.74) is 0. The highest BCUT2D eigenvalue weighted by Crippen LogP contribution is 2.27. The summed E-state index contributed by atoms with van der Waals surface area (Å²) >= 11 is 0. The summed E-state index contributed by atoms with van der Waals surface area (Å²) in [7, 11) is 1.66. The van der Waals surface area contributed by atoms with Crippen LogP contribution in [-0.4, -0.2) is 62.9 Å². The molecule has 1 saturated heterocycles. The van der Waals surface area contributed by atoms with Crippen LogP contribution in [0, 0.1) is 0 Å². The molecule has 0 radical (unpaired) electrons. The molecule has 2 rings (SSSR count). The standard InChI is InChI=1S/C11H20N2O3/c1-15-7-5-13(9-2-3-9)11(14)10-8-12-4-6-16-10/h9-10,12H,2-8H2,1H3. The number of rotatable bonds is 5. The van der Waals surface area contributed by atoms with E-state index in [-0.39, 0.29) is 12.0 Å². The average molecular weight is 228 g/mol. The molecule has 1 saturated carbocycles. The first-order valence-corrected chi connectivity index (χ1v) is 5.94. The normalized spacial score (nSPS) is 25.4. The Hall–Kier alpha value is -0.650. The van der Waals surface area contributed by atoms with Gasteiger partial charge in [-0.1, -0.05) is 0 Å². The van der Waals surface area contributed by atoms with E-state index < -0.39 is 0 Å². The fourth-order valence-electron chi connectivity index (χ4n) is 1.96. The minimum Gasteiger partial charge on any atom is -0.383 e. The second-order valence-corrected chi connectivity index (χ2v) is 4.32. The van der Waals surface area contributed by atoms with Crippen molar-refractivity contribution in [3.8, 4) is 0 Å². The maximum atomic E-state index is 12.2. The highest BCUT2D eigenvalue weighted by molar-refractivity contribution is 5.82.